The summed E-state index contributed by atoms with van der Waals surface area (Å²) in [6.07, 6.45) is 6.61. The molecule has 29 heavy (non-hydrogen) atoms. The molecule has 2 N–H and O–H groups in total. The number of aromatic nitrogens is 3. The van der Waals surface area contributed by atoms with Crippen molar-refractivity contribution >= 4 is 39.8 Å². The number of fused-ring (bicyclic) bond motifs is 1. The average Bonchev–Trinajstić information content (AvgIpc) is 2.73. The van der Waals surface area contributed by atoms with Crippen LogP contribution < -0.4 is 10.1 Å². The second kappa shape index (κ2) is 9.49. The van der Waals surface area contributed by atoms with Crippen molar-refractivity contribution in [2.45, 2.75) is 24.3 Å². The molecule has 150 valence electrons. The number of ether oxygens (including phenoxy) is 1. The molecule has 3 aromatic rings. The van der Waals surface area contributed by atoms with E-state index in [2.05, 4.69) is 26.8 Å². The van der Waals surface area contributed by atoms with Crippen LogP contribution in [0.25, 0.3) is 16.5 Å². The number of carbonyl (C=O) groups is 1. The number of anilines is 1. The molecule has 0 bridgehead atoms. The van der Waals surface area contributed by atoms with Gasteiger partial charge in [0.05, 0.1) is 40.1 Å². The van der Waals surface area contributed by atoms with Gasteiger partial charge in [-0.15, -0.1) is 11.8 Å². The number of rotatable bonds is 8. The molecular formula is C21H22N4O3S. The molecule has 0 radical (unpaired) electrons. The first-order valence-electron chi connectivity index (χ1n) is 9.04. The Kier molecular flexibility index (Phi) is 6.79. The average molecular weight is 410 g/mol. The van der Waals surface area contributed by atoms with Gasteiger partial charge < -0.3 is 15.2 Å². The number of carbonyl (C=O) groups excluding carboxylic acids is 1. The van der Waals surface area contributed by atoms with E-state index >= 15 is 0 Å². The zero-order valence-electron chi connectivity index (χ0n) is 16.3. The molecule has 0 spiro atoms. The maximum Gasteiger partial charge on any atom is 0.257 e. The van der Waals surface area contributed by atoms with E-state index in [1.807, 2.05) is 18.4 Å². The summed E-state index contributed by atoms with van der Waals surface area (Å²) in [5, 5.41) is 13.2. The van der Waals surface area contributed by atoms with E-state index in [9.17, 15) is 9.90 Å². The molecule has 8 heteroatoms. The van der Waals surface area contributed by atoms with Gasteiger partial charge in [-0.25, -0.2) is 9.97 Å². The van der Waals surface area contributed by atoms with Crippen LogP contribution in [0.2, 0.25) is 0 Å². The molecular weight excluding hydrogens is 388 g/mol. The highest BCUT2D eigenvalue weighted by atomic mass is 32.2. The van der Waals surface area contributed by atoms with Crippen LogP contribution in [0, 0.1) is 0 Å². The first-order chi connectivity index (χ1) is 14.0. The zero-order valence-corrected chi connectivity index (χ0v) is 17.1. The van der Waals surface area contributed by atoms with Crippen LogP contribution in [0.1, 0.15) is 19.0 Å². The molecule has 2 aromatic heterocycles. The SMILES string of the molecule is C=C(C(=O)Nc1cc2cccnc2cc1OCCC(C)O)c1ncncc1SC. The number of thioether (sulfide) groups is 1. The topological polar surface area (TPSA) is 97.2 Å². The predicted octanol–water partition coefficient (Wildman–Crippen LogP) is 3.55. The fraction of sp³-hybridized carbons (Fsp3) is 0.238. The smallest absolute Gasteiger partial charge is 0.257 e. The number of nitrogens with zero attached hydrogens (tertiary/aromatic N) is 3. The lowest BCUT2D eigenvalue weighted by Gasteiger charge is -2.15. The van der Waals surface area contributed by atoms with Crippen molar-refractivity contribution in [2.75, 3.05) is 18.2 Å². The first-order valence-corrected chi connectivity index (χ1v) is 10.3. The molecule has 2 heterocycles. The van der Waals surface area contributed by atoms with E-state index in [-0.39, 0.29) is 11.5 Å². The van der Waals surface area contributed by atoms with Crippen molar-refractivity contribution in [3.05, 3.63) is 55.3 Å². The molecule has 7 nitrogen and oxygen atoms in total. The minimum atomic E-state index is -0.478. The molecule has 3 rings (SSSR count). The number of nitrogens with one attached hydrogen (secondary N) is 1. The molecule has 0 aliphatic heterocycles. The van der Waals surface area contributed by atoms with Gasteiger partial charge >= 0.3 is 0 Å². The molecule has 0 saturated carbocycles. The number of aliphatic hydroxyl groups excluding tert-OH is 1. The van der Waals surface area contributed by atoms with Crippen molar-refractivity contribution in [2.24, 2.45) is 0 Å². The fourth-order valence-electron chi connectivity index (χ4n) is 2.66. The van der Waals surface area contributed by atoms with Crippen LogP contribution in [0.5, 0.6) is 5.75 Å². The Morgan fingerprint density at radius 1 is 1.38 bits per heavy atom. The molecule has 1 aromatic carbocycles. The number of pyridine rings is 1. The van der Waals surface area contributed by atoms with Gasteiger partial charge in [-0.05, 0) is 25.3 Å². The van der Waals surface area contributed by atoms with Crippen molar-refractivity contribution < 1.29 is 14.6 Å². The van der Waals surface area contributed by atoms with Crippen molar-refractivity contribution in [1.82, 2.24) is 15.0 Å². The Morgan fingerprint density at radius 3 is 2.97 bits per heavy atom. The predicted molar refractivity (Wildman–Crippen MR) is 115 cm³/mol. The summed E-state index contributed by atoms with van der Waals surface area (Å²) in [6, 6.07) is 7.31. The summed E-state index contributed by atoms with van der Waals surface area (Å²) in [6.45, 7) is 5.91. The van der Waals surface area contributed by atoms with Gasteiger partial charge in [0.1, 0.15) is 12.1 Å². The number of hydrogen-bond donors (Lipinski definition) is 2. The molecule has 1 amide bonds. The number of aliphatic hydroxyl groups is 1. The second-order valence-corrected chi connectivity index (χ2v) is 7.25. The highest BCUT2D eigenvalue weighted by Crippen LogP contribution is 2.31. The lowest BCUT2D eigenvalue weighted by molar-refractivity contribution is -0.111. The van der Waals surface area contributed by atoms with Gasteiger partial charge in [0.15, 0.2) is 0 Å². The van der Waals surface area contributed by atoms with Gasteiger partial charge in [-0.1, -0.05) is 12.6 Å². The molecule has 1 unspecified atom stereocenters. The van der Waals surface area contributed by atoms with Crippen LogP contribution in [0.15, 0.2) is 54.5 Å². The van der Waals surface area contributed by atoms with E-state index in [1.165, 1.54) is 18.1 Å². The second-order valence-electron chi connectivity index (χ2n) is 6.40. The Balaban J connectivity index is 1.88. The van der Waals surface area contributed by atoms with Crippen molar-refractivity contribution in [3.8, 4) is 5.75 Å². The van der Waals surface area contributed by atoms with Crippen LogP contribution in [0.3, 0.4) is 0 Å². The van der Waals surface area contributed by atoms with Gasteiger partial charge in [-0.2, -0.15) is 0 Å². The Morgan fingerprint density at radius 2 is 2.21 bits per heavy atom. The van der Waals surface area contributed by atoms with Crippen LogP contribution in [-0.4, -0.2) is 44.9 Å². The third-order valence-corrected chi connectivity index (χ3v) is 4.94. The maximum absolute atomic E-state index is 12.9. The van der Waals surface area contributed by atoms with Crippen LogP contribution in [0.4, 0.5) is 5.69 Å². The monoisotopic (exact) mass is 410 g/mol. The summed E-state index contributed by atoms with van der Waals surface area (Å²) < 4.78 is 5.81. The van der Waals surface area contributed by atoms with Crippen LogP contribution >= 0.6 is 11.8 Å². The third-order valence-electron chi connectivity index (χ3n) is 4.20. The lowest BCUT2D eigenvalue weighted by Crippen LogP contribution is -2.16. The third kappa shape index (κ3) is 5.10. The molecule has 0 saturated heterocycles. The van der Waals surface area contributed by atoms with Gasteiger partial charge in [0.2, 0.25) is 0 Å². The van der Waals surface area contributed by atoms with E-state index in [0.717, 1.165) is 15.8 Å². The van der Waals surface area contributed by atoms with Gasteiger partial charge in [0.25, 0.3) is 5.91 Å². The van der Waals surface area contributed by atoms with E-state index < -0.39 is 6.10 Å². The highest BCUT2D eigenvalue weighted by molar-refractivity contribution is 7.98. The maximum atomic E-state index is 12.9. The quantitative estimate of drug-likeness (QED) is 0.433. The van der Waals surface area contributed by atoms with E-state index in [0.29, 0.717) is 30.2 Å². The largest absolute Gasteiger partial charge is 0.491 e. The summed E-state index contributed by atoms with van der Waals surface area (Å²) in [7, 11) is 0. The van der Waals surface area contributed by atoms with Gasteiger partial charge in [0, 0.05) is 30.3 Å². The lowest BCUT2D eigenvalue weighted by atomic mass is 10.1. The van der Waals surface area contributed by atoms with Crippen molar-refractivity contribution in [1.29, 1.82) is 0 Å². The standard InChI is InChI=1S/C21H22N4O3S/c1-13(26)6-8-28-18-10-16-15(5-4-7-23-16)9-17(18)25-21(27)14(2)20-19(29-3)11-22-12-24-20/h4-5,7,9-13,26H,2,6,8H2,1,3H3,(H,25,27). The van der Waals surface area contributed by atoms with E-state index in [1.54, 1.807) is 31.5 Å². The summed E-state index contributed by atoms with van der Waals surface area (Å²) >= 11 is 1.44. The normalized spacial score (nSPS) is 11.8. The van der Waals surface area contributed by atoms with E-state index in [4.69, 9.17) is 4.74 Å². The van der Waals surface area contributed by atoms with Gasteiger partial charge in [-0.3, -0.25) is 9.78 Å². The molecule has 0 aliphatic carbocycles. The molecule has 0 fully saturated rings. The molecule has 0 aliphatic rings. The van der Waals surface area contributed by atoms with Crippen LogP contribution in [-0.2, 0) is 4.79 Å². The minimum absolute atomic E-state index is 0.234. The zero-order chi connectivity index (χ0) is 20.8. The number of benzene rings is 1. The molecule has 1 atom stereocenters. The number of hydrogen-bond acceptors (Lipinski definition) is 7. The van der Waals surface area contributed by atoms with Crippen molar-refractivity contribution in [3.63, 3.8) is 0 Å². The summed E-state index contributed by atoms with van der Waals surface area (Å²) in [5.74, 6) is 0.0911. The first kappa shape index (κ1) is 20.8. The number of amides is 1. The highest BCUT2D eigenvalue weighted by Gasteiger charge is 2.17. The minimum Gasteiger partial charge on any atom is -0.491 e. The summed E-state index contributed by atoms with van der Waals surface area (Å²) in [5.41, 5.74) is 1.97. The Bertz CT molecular complexity index is 1040. The Labute approximate surface area is 173 Å². The summed E-state index contributed by atoms with van der Waals surface area (Å²) in [4.78, 5) is 26.1. The Hall–Kier alpha value is -2.97. The fourth-order valence-corrected chi connectivity index (χ4v) is 3.19.